The number of hydrogen-bond acceptors (Lipinski definition) is 1. The quantitative estimate of drug-likeness (QED) is 0.589. The number of alkyl halides is 12. The number of pyridine rings is 1. The molecule has 1 aromatic rings. The summed E-state index contributed by atoms with van der Waals surface area (Å²) in [6.07, 6.45) is -24.0. The Morgan fingerprint density at radius 2 is 0.773 bits per heavy atom. The predicted octanol–water partition coefficient (Wildman–Crippen LogP) is 5.16. The maximum atomic E-state index is 12.4. The lowest BCUT2D eigenvalue weighted by Crippen LogP contribution is -2.26. The highest BCUT2D eigenvalue weighted by Crippen LogP contribution is 2.46. The lowest BCUT2D eigenvalue weighted by atomic mass is 10.1. The van der Waals surface area contributed by atoms with Gasteiger partial charge in [-0.2, -0.15) is 52.7 Å². The van der Waals surface area contributed by atoms with Crippen LogP contribution in [0.25, 0.3) is 0 Å². The second-order valence-corrected chi connectivity index (χ2v) is 3.77. The summed E-state index contributed by atoms with van der Waals surface area (Å²) < 4.78 is 149. The van der Waals surface area contributed by atoms with Gasteiger partial charge in [0, 0.05) is 0 Å². The molecule has 0 unspecified atom stereocenters. The highest BCUT2D eigenvalue weighted by atomic mass is 19.4. The van der Waals surface area contributed by atoms with E-state index in [1.807, 2.05) is 0 Å². The average Bonchev–Trinajstić information content (AvgIpc) is 2.22. The van der Waals surface area contributed by atoms with Crippen molar-refractivity contribution in [3.05, 3.63) is 28.6 Å². The maximum absolute atomic E-state index is 12.4. The van der Waals surface area contributed by atoms with E-state index in [0.29, 0.717) is 0 Å². The summed E-state index contributed by atoms with van der Waals surface area (Å²) in [5.41, 5.74) is -12.1. The van der Waals surface area contributed by atoms with E-state index in [0.717, 1.165) is 0 Å². The minimum absolute atomic E-state index is 1.25. The van der Waals surface area contributed by atoms with Gasteiger partial charge in [-0.25, -0.2) is 4.98 Å². The Bertz CT molecular complexity index is 460. The summed E-state index contributed by atoms with van der Waals surface area (Å²) in [5, 5.41) is 0. The van der Waals surface area contributed by atoms with Crippen LogP contribution >= 0.6 is 0 Å². The van der Waals surface area contributed by atoms with Crippen molar-refractivity contribution in [1.82, 2.24) is 4.98 Å². The minimum atomic E-state index is -6.03. The Morgan fingerprint density at radius 3 is 0.955 bits per heavy atom. The van der Waals surface area contributed by atoms with E-state index in [2.05, 4.69) is 0 Å². The van der Waals surface area contributed by atoms with E-state index < -0.39 is 53.3 Å². The summed E-state index contributed by atoms with van der Waals surface area (Å²) in [4.78, 5) is 1.56. The van der Waals surface area contributed by atoms with Crippen molar-refractivity contribution in [2.75, 3.05) is 0 Å². The van der Waals surface area contributed by atoms with E-state index in [9.17, 15) is 52.7 Å². The van der Waals surface area contributed by atoms with E-state index in [4.69, 9.17) is 0 Å². The summed E-state index contributed by atoms with van der Waals surface area (Å²) >= 11 is 0. The van der Waals surface area contributed by atoms with Gasteiger partial charge in [-0.1, -0.05) is 0 Å². The zero-order valence-corrected chi connectivity index (χ0v) is 9.56. The Morgan fingerprint density at radius 1 is 0.500 bits per heavy atom. The number of rotatable bonds is 0. The molecule has 22 heavy (non-hydrogen) atoms. The number of halogens is 12. The standard InChI is InChI=1S/C9HF12N/c10-6(11,12)2-1-3(7(13,14)15)5(9(19,20)21)22-4(2)8(16,17)18/h1H. The molecule has 1 nitrogen and oxygen atoms in total. The van der Waals surface area contributed by atoms with Crippen molar-refractivity contribution < 1.29 is 52.7 Å². The molecule has 0 bridgehead atoms. The Kier molecular flexibility index (Phi) is 4.10. The lowest BCUT2D eigenvalue weighted by Gasteiger charge is -2.20. The molecule has 0 amide bonds. The first kappa shape index (κ1) is 18.4. The van der Waals surface area contributed by atoms with E-state index >= 15 is 0 Å². The van der Waals surface area contributed by atoms with Crippen LogP contribution in [-0.4, -0.2) is 4.98 Å². The van der Waals surface area contributed by atoms with Crippen molar-refractivity contribution in [2.45, 2.75) is 24.7 Å². The van der Waals surface area contributed by atoms with Crippen LogP contribution in [0.5, 0.6) is 0 Å². The first-order valence-corrected chi connectivity index (χ1v) is 4.79. The largest absolute Gasteiger partial charge is 0.433 e. The highest BCUT2D eigenvalue weighted by Gasteiger charge is 2.51. The Hall–Kier alpha value is -1.69. The SMILES string of the molecule is FC(F)(F)c1cc(C(F)(F)F)c(C(F)(F)F)nc1C(F)(F)F. The van der Waals surface area contributed by atoms with Crippen LogP contribution in [0.2, 0.25) is 0 Å². The van der Waals surface area contributed by atoms with Crippen LogP contribution in [0.3, 0.4) is 0 Å². The smallest absolute Gasteiger partial charge is 0.238 e. The van der Waals surface area contributed by atoms with Crippen molar-refractivity contribution in [3.8, 4) is 0 Å². The molecule has 13 heteroatoms. The number of nitrogens with zero attached hydrogens (tertiary/aromatic N) is 1. The van der Waals surface area contributed by atoms with Crippen molar-refractivity contribution in [2.24, 2.45) is 0 Å². The molecule has 0 fully saturated rings. The van der Waals surface area contributed by atoms with Crippen molar-refractivity contribution in [1.29, 1.82) is 0 Å². The molecule has 0 saturated carbocycles. The predicted molar refractivity (Wildman–Crippen MR) is 44.2 cm³/mol. The Labute approximate surface area is 112 Å². The molecule has 0 radical (unpaired) electrons. The zero-order valence-electron chi connectivity index (χ0n) is 9.56. The van der Waals surface area contributed by atoms with Gasteiger partial charge in [0.2, 0.25) is 0 Å². The first-order chi connectivity index (χ1) is 9.45. The molecular formula is C9HF12N. The minimum Gasteiger partial charge on any atom is -0.238 e. The molecule has 1 aromatic heterocycles. The second-order valence-electron chi connectivity index (χ2n) is 3.77. The van der Waals surface area contributed by atoms with Crippen LogP contribution in [0.15, 0.2) is 6.07 Å². The van der Waals surface area contributed by atoms with Gasteiger partial charge in [-0.05, 0) is 6.07 Å². The fourth-order valence-electron chi connectivity index (χ4n) is 1.38. The number of aromatic nitrogens is 1. The van der Waals surface area contributed by atoms with Crippen LogP contribution < -0.4 is 0 Å². The van der Waals surface area contributed by atoms with Gasteiger partial charge < -0.3 is 0 Å². The van der Waals surface area contributed by atoms with E-state index in [1.54, 1.807) is 4.98 Å². The summed E-state index contributed by atoms with van der Waals surface area (Å²) in [6, 6.07) is -1.25. The van der Waals surface area contributed by atoms with Gasteiger partial charge in [0.05, 0.1) is 11.1 Å². The van der Waals surface area contributed by atoms with Crippen LogP contribution in [0.4, 0.5) is 52.7 Å². The number of hydrogen-bond donors (Lipinski definition) is 0. The summed E-state index contributed by atoms with van der Waals surface area (Å²) in [6.45, 7) is 0. The first-order valence-electron chi connectivity index (χ1n) is 4.79. The second kappa shape index (κ2) is 4.91. The molecule has 126 valence electrons. The van der Waals surface area contributed by atoms with Gasteiger partial charge >= 0.3 is 24.7 Å². The van der Waals surface area contributed by atoms with Gasteiger partial charge in [-0.15, -0.1) is 0 Å². The third-order valence-electron chi connectivity index (χ3n) is 2.17. The lowest BCUT2D eigenvalue weighted by molar-refractivity contribution is -0.176. The van der Waals surface area contributed by atoms with Crippen molar-refractivity contribution in [3.63, 3.8) is 0 Å². The van der Waals surface area contributed by atoms with Gasteiger partial charge in [0.25, 0.3) is 0 Å². The molecule has 0 saturated heterocycles. The summed E-state index contributed by atoms with van der Waals surface area (Å²) in [7, 11) is 0. The maximum Gasteiger partial charge on any atom is 0.433 e. The Balaban J connectivity index is 3.90. The molecule has 0 aliphatic heterocycles. The molecule has 0 N–H and O–H groups in total. The normalized spacial score (nSPS) is 14.4. The molecule has 0 atom stereocenters. The van der Waals surface area contributed by atoms with Crippen LogP contribution in [0, 0.1) is 0 Å². The zero-order chi connectivity index (χ0) is 17.7. The molecule has 1 heterocycles. The molecule has 1 rings (SSSR count). The fraction of sp³-hybridized carbons (Fsp3) is 0.444. The van der Waals surface area contributed by atoms with E-state index in [-0.39, 0.29) is 0 Å². The third kappa shape index (κ3) is 3.74. The third-order valence-corrected chi connectivity index (χ3v) is 2.17. The van der Waals surface area contributed by atoms with Crippen molar-refractivity contribution >= 4 is 0 Å². The van der Waals surface area contributed by atoms with Gasteiger partial charge in [0.15, 0.2) is 11.4 Å². The van der Waals surface area contributed by atoms with Gasteiger partial charge in [0.1, 0.15) is 0 Å². The topological polar surface area (TPSA) is 12.9 Å². The molecule has 0 aliphatic rings. The monoisotopic (exact) mass is 351 g/mol. The van der Waals surface area contributed by atoms with Crippen LogP contribution in [-0.2, 0) is 24.7 Å². The molecule has 0 aliphatic carbocycles. The summed E-state index contributed by atoms with van der Waals surface area (Å²) in [5.74, 6) is 0. The molecule has 0 spiro atoms. The highest BCUT2D eigenvalue weighted by molar-refractivity contribution is 5.37. The average molecular weight is 351 g/mol. The molecule has 0 aromatic carbocycles. The van der Waals surface area contributed by atoms with Crippen LogP contribution in [0.1, 0.15) is 22.5 Å². The molecular weight excluding hydrogens is 350 g/mol. The van der Waals surface area contributed by atoms with E-state index in [1.165, 1.54) is 0 Å². The fourth-order valence-corrected chi connectivity index (χ4v) is 1.38. The van der Waals surface area contributed by atoms with Gasteiger partial charge in [-0.3, -0.25) is 0 Å².